The van der Waals surface area contributed by atoms with Crippen molar-refractivity contribution >= 4 is 33.3 Å². The second kappa shape index (κ2) is 6.42. The summed E-state index contributed by atoms with van der Waals surface area (Å²) >= 11 is 9.52. The summed E-state index contributed by atoms with van der Waals surface area (Å²) in [6, 6.07) is 11.1. The number of halogens is 2. The second-order valence-electron chi connectivity index (χ2n) is 4.56. The fourth-order valence-electron chi connectivity index (χ4n) is 1.82. The second-order valence-corrected chi connectivity index (χ2v) is 5.88. The van der Waals surface area contributed by atoms with Gasteiger partial charge in [0.15, 0.2) is 5.78 Å². The quantitative estimate of drug-likeness (QED) is 0.707. The van der Waals surface area contributed by atoms with Crippen LogP contribution in [0.1, 0.15) is 28.4 Å². The molecule has 104 valence electrons. The molecule has 0 unspecified atom stereocenters. The molecule has 0 aliphatic rings. The van der Waals surface area contributed by atoms with Gasteiger partial charge in [-0.1, -0.05) is 33.6 Å². The van der Waals surface area contributed by atoms with Crippen molar-refractivity contribution in [2.24, 2.45) is 0 Å². The van der Waals surface area contributed by atoms with Gasteiger partial charge in [0, 0.05) is 20.6 Å². The summed E-state index contributed by atoms with van der Waals surface area (Å²) in [6.45, 7) is 3.87. The molecule has 0 saturated carbocycles. The maximum Gasteiger partial charge on any atom is 0.159 e. The number of carbonyl (C=O) groups excluding carboxylic acids is 1. The van der Waals surface area contributed by atoms with Crippen molar-refractivity contribution in [1.29, 1.82) is 0 Å². The minimum atomic E-state index is 0.0515. The zero-order valence-corrected chi connectivity index (χ0v) is 13.6. The van der Waals surface area contributed by atoms with Crippen molar-refractivity contribution < 1.29 is 9.53 Å². The van der Waals surface area contributed by atoms with E-state index in [1.807, 2.05) is 37.3 Å². The van der Waals surface area contributed by atoms with E-state index in [9.17, 15) is 4.79 Å². The van der Waals surface area contributed by atoms with Crippen LogP contribution in [-0.2, 0) is 6.61 Å². The molecule has 0 aliphatic carbocycles. The molecule has 0 aliphatic heterocycles. The number of benzene rings is 2. The van der Waals surface area contributed by atoms with Gasteiger partial charge in [-0.2, -0.15) is 0 Å². The van der Waals surface area contributed by atoms with Gasteiger partial charge in [0.2, 0.25) is 0 Å². The fraction of sp³-hybridized carbons (Fsp3) is 0.188. The molecular weight excluding hydrogens is 340 g/mol. The highest BCUT2D eigenvalue weighted by molar-refractivity contribution is 9.10. The molecule has 4 heteroatoms. The summed E-state index contributed by atoms with van der Waals surface area (Å²) < 4.78 is 6.71. The first-order valence-electron chi connectivity index (χ1n) is 6.15. The Morgan fingerprint density at radius 3 is 2.60 bits per heavy atom. The number of hydrogen-bond donors (Lipinski definition) is 0. The van der Waals surface area contributed by atoms with E-state index in [0.717, 1.165) is 21.3 Å². The van der Waals surface area contributed by atoms with E-state index >= 15 is 0 Å². The van der Waals surface area contributed by atoms with Crippen LogP contribution in [0.5, 0.6) is 5.75 Å². The lowest BCUT2D eigenvalue weighted by Crippen LogP contribution is -1.99. The van der Waals surface area contributed by atoms with Crippen LogP contribution in [0.4, 0.5) is 0 Å². The van der Waals surface area contributed by atoms with E-state index in [2.05, 4.69) is 15.9 Å². The van der Waals surface area contributed by atoms with Crippen molar-refractivity contribution in [2.45, 2.75) is 20.5 Å². The SMILES string of the molecule is CC(=O)c1ccc(OCc2ccc(Br)cc2Cl)c(C)c1. The molecule has 0 N–H and O–H groups in total. The molecule has 0 amide bonds. The molecule has 0 bridgehead atoms. The molecule has 20 heavy (non-hydrogen) atoms. The molecule has 2 aromatic carbocycles. The first-order chi connectivity index (χ1) is 9.47. The standard InChI is InChI=1S/C16H14BrClO2/c1-10-7-12(11(2)19)4-6-16(10)20-9-13-3-5-14(17)8-15(13)18/h3-8H,9H2,1-2H3. The Hall–Kier alpha value is -1.32. The molecule has 0 fully saturated rings. The van der Waals surface area contributed by atoms with Gasteiger partial charge in [-0.05, 0) is 49.7 Å². The summed E-state index contributed by atoms with van der Waals surface area (Å²) in [5.74, 6) is 0.810. The van der Waals surface area contributed by atoms with Crippen LogP contribution >= 0.6 is 27.5 Å². The number of Topliss-reactive ketones (excluding diaryl/α,β-unsaturated/α-hetero) is 1. The van der Waals surface area contributed by atoms with Gasteiger partial charge in [0.25, 0.3) is 0 Å². The van der Waals surface area contributed by atoms with Crippen LogP contribution < -0.4 is 4.74 Å². The number of carbonyl (C=O) groups is 1. The first-order valence-corrected chi connectivity index (χ1v) is 7.33. The molecule has 2 rings (SSSR count). The van der Waals surface area contributed by atoms with Gasteiger partial charge in [0.05, 0.1) is 0 Å². The Balaban J connectivity index is 2.13. The number of aryl methyl sites for hydroxylation is 1. The van der Waals surface area contributed by atoms with Crippen molar-refractivity contribution in [3.05, 3.63) is 62.6 Å². The van der Waals surface area contributed by atoms with Gasteiger partial charge in [0.1, 0.15) is 12.4 Å². The normalized spacial score (nSPS) is 10.4. The Morgan fingerprint density at radius 1 is 1.25 bits per heavy atom. The molecule has 2 aromatic rings. The number of hydrogen-bond acceptors (Lipinski definition) is 2. The highest BCUT2D eigenvalue weighted by Crippen LogP contribution is 2.25. The summed E-state index contributed by atoms with van der Waals surface area (Å²) in [4.78, 5) is 11.3. The highest BCUT2D eigenvalue weighted by Gasteiger charge is 2.06. The van der Waals surface area contributed by atoms with Crippen molar-refractivity contribution in [2.75, 3.05) is 0 Å². The molecule has 2 nitrogen and oxygen atoms in total. The third kappa shape index (κ3) is 3.62. The molecule has 0 spiro atoms. The Bertz CT molecular complexity index is 653. The predicted molar refractivity (Wildman–Crippen MR) is 84.7 cm³/mol. The van der Waals surface area contributed by atoms with E-state index < -0.39 is 0 Å². The van der Waals surface area contributed by atoms with E-state index in [1.54, 1.807) is 13.0 Å². The van der Waals surface area contributed by atoms with Crippen LogP contribution in [-0.4, -0.2) is 5.78 Å². The monoisotopic (exact) mass is 352 g/mol. The van der Waals surface area contributed by atoms with Crippen LogP contribution in [0.15, 0.2) is 40.9 Å². The summed E-state index contributed by atoms with van der Waals surface area (Å²) in [7, 11) is 0. The fourth-order valence-corrected chi connectivity index (χ4v) is 2.55. The number of ketones is 1. The Morgan fingerprint density at radius 2 is 2.00 bits per heavy atom. The highest BCUT2D eigenvalue weighted by atomic mass is 79.9. The zero-order valence-electron chi connectivity index (χ0n) is 11.2. The third-order valence-corrected chi connectivity index (χ3v) is 3.82. The maximum absolute atomic E-state index is 11.3. The van der Waals surface area contributed by atoms with Crippen molar-refractivity contribution in [1.82, 2.24) is 0 Å². The topological polar surface area (TPSA) is 26.3 Å². The number of rotatable bonds is 4. The largest absolute Gasteiger partial charge is 0.489 e. The lowest BCUT2D eigenvalue weighted by Gasteiger charge is -2.11. The average molecular weight is 354 g/mol. The van der Waals surface area contributed by atoms with Crippen LogP contribution in [0, 0.1) is 6.92 Å². The van der Waals surface area contributed by atoms with Gasteiger partial charge in [-0.25, -0.2) is 0 Å². The van der Waals surface area contributed by atoms with Gasteiger partial charge in [-0.15, -0.1) is 0 Å². The number of ether oxygens (including phenoxy) is 1. The predicted octanol–water partition coefficient (Wildman–Crippen LogP) is 5.19. The summed E-state index contributed by atoms with van der Waals surface area (Å²) in [6.07, 6.45) is 0. The molecule has 0 aromatic heterocycles. The van der Waals surface area contributed by atoms with Gasteiger partial charge < -0.3 is 4.74 Å². The first kappa shape index (κ1) is 15.1. The lowest BCUT2D eigenvalue weighted by atomic mass is 10.1. The molecule has 0 atom stereocenters. The van der Waals surface area contributed by atoms with E-state index in [0.29, 0.717) is 17.2 Å². The van der Waals surface area contributed by atoms with E-state index in [-0.39, 0.29) is 5.78 Å². The molecular formula is C16H14BrClO2. The molecule has 0 saturated heterocycles. The van der Waals surface area contributed by atoms with Crippen LogP contribution in [0.25, 0.3) is 0 Å². The van der Waals surface area contributed by atoms with E-state index in [1.165, 1.54) is 0 Å². The van der Waals surface area contributed by atoms with Crippen molar-refractivity contribution in [3.8, 4) is 5.75 Å². The van der Waals surface area contributed by atoms with Gasteiger partial charge >= 0.3 is 0 Å². The lowest BCUT2D eigenvalue weighted by molar-refractivity contribution is 0.101. The minimum Gasteiger partial charge on any atom is -0.489 e. The summed E-state index contributed by atoms with van der Waals surface area (Å²) in [5.41, 5.74) is 2.55. The molecule has 0 heterocycles. The van der Waals surface area contributed by atoms with E-state index in [4.69, 9.17) is 16.3 Å². The minimum absolute atomic E-state index is 0.0515. The Labute approximate surface area is 131 Å². The third-order valence-electron chi connectivity index (χ3n) is 2.98. The summed E-state index contributed by atoms with van der Waals surface area (Å²) in [5, 5.41) is 0.664. The average Bonchev–Trinajstić information content (AvgIpc) is 2.38. The van der Waals surface area contributed by atoms with Crippen LogP contribution in [0.3, 0.4) is 0 Å². The maximum atomic E-state index is 11.3. The van der Waals surface area contributed by atoms with Crippen LogP contribution in [0.2, 0.25) is 5.02 Å². The molecule has 0 radical (unpaired) electrons. The van der Waals surface area contributed by atoms with Gasteiger partial charge in [-0.3, -0.25) is 4.79 Å². The van der Waals surface area contributed by atoms with Crippen molar-refractivity contribution in [3.63, 3.8) is 0 Å². The zero-order chi connectivity index (χ0) is 14.7. The smallest absolute Gasteiger partial charge is 0.159 e. The Kier molecular flexibility index (Phi) is 4.84.